The van der Waals surface area contributed by atoms with Crippen molar-refractivity contribution in [2.24, 2.45) is 4.99 Å². The molecule has 0 aliphatic carbocycles. The van der Waals surface area contributed by atoms with Crippen LogP contribution in [0.2, 0.25) is 5.02 Å². The van der Waals surface area contributed by atoms with Crippen LogP contribution in [0.1, 0.15) is 28.1 Å². The van der Waals surface area contributed by atoms with Crippen molar-refractivity contribution in [3.63, 3.8) is 0 Å². The van der Waals surface area contributed by atoms with E-state index >= 15 is 0 Å². The lowest BCUT2D eigenvalue weighted by atomic mass is 10.2. The fourth-order valence-electron chi connectivity index (χ4n) is 2.54. The molecule has 2 aromatic rings. The Bertz CT molecular complexity index is 793. The summed E-state index contributed by atoms with van der Waals surface area (Å²) in [6, 6.07) is 3.80. The molecule has 1 aromatic heterocycles. The van der Waals surface area contributed by atoms with Gasteiger partial charge in [-0.15, -0.1) is 35.3 Å². The Balaban J connectivity index is 0.00000261. The average molecular weight is 523 g/mol. The summed E-state index contributed by atoms with van der Waals surface area (Å²) in [6.45, 7) is 9.12. The van der Waals surface area contributed by atoms with Gasteiger partial charge in [-0.3, -0.25) is 0 Å². The summed E-state index contributed by atoms with van der Waals surface area (Å²) in [5.74, 6) is 2.04. The standard InChI is InChI=1S/C18H23ClN4O2S.HI/c1-4-20-18(22-10-16-23-11(2)12(3)26-16)21-9-13-7-14(19)17-15(8-13)24-5-6-25-17;/h7-8H,4-6,9-10H2,1-3H3,(H2,20,21,22);1H. The van der Waals surface area contributed by atoms with Gasteiger partial charge >= 0.3 is 0 Å². The van der Waals surface area contributed by atoms with Crippen LogP contribution in [-0.4, -0.2) is 30.7 Å². The largest absolute Gasteiger partial charge is 0.486 e. The Labute approximate surface area is 185 Å². The van der Waals surface area contributed by atoms with Crippen LogP contribution in [0.25, 0.3) is 0 Å². The molecule has 6 nitrogen and oxygen atoms in total. The number of nitrogens with one attached hydrogen (secondary N) is 2. The van der Waals surface area contributed by atoms with Gasteiger partial charge in [-0.2, -0.15) is 0 Å². The number of halogens is 2. The quantitative estimate of drug-likeness (QED) is 0.352. The molecule has 0 fully saturated rings. The molecule has 0 unspecified atom stereocenters. The maximum absolute atomic E-state index is 6.29. The number of aromatic nitrogens is 1. The van der Waals surface area contributed by atoms with E-state index in [1.54, 1.807) is 11.3 Å². The summed E-state index contributed by atoms with van der Waals surface area (Å²) in [5.41, 5.74) is 2.05. The third-order valence-electron chi connectivity index (χ3n) is 3.90. The van der Waals surface area contributed by atoms with Crippen molar-refractivity contribution in [2.45, 2.75) is 33.9 Å². The second kappa shape index (κ2) is 10.3. The first-order chi connectivity index (χ1) is 12.6. The minimum atomic E-state index is 0. The minimum Gasteiger partial charge on any atom is -0.486 e. The van der Waals surface area contributed by atoms with Crippen LogP contribution in [0, 0.1) is 13.8 Å². The summed E-state index contributed by atoms with van der Waals surface area (Å²) >= 11 is 7.99. The van der Waals surface area contributed by atoms with Crippen LogP contribution in [0.5, 0.6) is 11.5 Å². The molecule has 0 radical (unpaired) electrons. The van der Waals surface area contributed by atoms with Crippen LogP contribution < -0.4 is 20.1 Å². The van der Waals surface area contributed by atoms with Gasteiger partial charge in [0.1, 0.15) is 18.2 Å². The number of benzene rings is 1. The molecule has 0 atom stereocenters. The molecule has 0 bridgehead atoms. The maximum Gasteiger partial charge on any atom is 0.191 e. The molecule has 3 rings (SSSR count). The molecular weight excluding hydrogens is 499 g/mol. The molecule has 1 aromatic carbocycles. The highest BCUT2D eigenvalue weighted by Gasteiger charge is 2.16. The fourth-order valence-corrected chi connectivity index (χ4v) is 3.70. The van der Waals surface area contributed by atoms with Crippen molar-refractivity contribution in [1.82, 2.24) is 15.6 Å². The number of hydrogen-bond acceptors (Lipinski definition) is 5. The zero-order chi connectivity index (χ0) is 18.5. The molecule has 148 valence electrons. The Morgan fingerprint density at radius 3 is 2.74 bits per heavy atom. The van der Waals surface area contributed by atoms with Crippen molar-refractivity contribution >= 4 is 52.9 Å². The second-order valence-electron chi connectivity index (χ2n) is 5.90. The number of fused-ring (bicyclic) bond motifs is 1. The van der Waals surface area contributed by atoms with Gasteiger partial charge in [0.25, 0.3) is 0 Å². The Hall–Kier alpha value is -1.26. The van der Waals surface area contributed by atoms with Gasteiger partial charge in [0, 0.05) is 11.4 Å². The number of nitrogens with zero attached hydrogens (tertiary/aromatic N) is 2. The van der Waals surface area contributed by atoms with Gasteiger partial charge in [-0.05, 0) is 38.5 Å². The predicted molar refractivity (Wildman–Crippen MR) is 121 cm³/mol. The van der Waals surface area contributed by atoms with Crippen molar-refractivity contribution in [3.8, 4) is 11.5 Å². The first-order valence-electron chi connectivity index (χ1n) is 8.60. The van der Waals surface area contributed by atoms with Crippen LogP contribution in [0.4, 0.5) is 0 Å². The normalized spacial score (nSPS) is 13.1. The molecule has 2 heterocycles. The lowest BCUT2D eigenvalue weighted by molar-refractivity contribution is 0.171. The van der Waals surface area contributed by atoms with E-state index in [-0.39, 0.29) is 24.0 Å². The van der Waals surface area contributed by atoms with Crippen LogP contribution in [-0.2, 0) is 13.1 Å². The van der Waals surface area contributed by atoms with Crippen molar-refractivity contribution in [2.75, 3.05) is 19.8 Å². The lowest BCUT2D eigenvalue weighted by Gasteiger charge is -2.20. The highest BCUT2D eigenvalue weighted by atomic mass is 127. The van der Waals surface area contributed by atoms with E-state index in [0.717, 1.165) is 28.8 Å². The number of aryl methyl sites for hydroxylation is 2. The monoisotopic (exact) mass is 522 g/mol. The number of thiazole rings is 1. The Kier molecular flexibility index (Phi) is 8.43. The SMILES string of the molecule is CCNC(=NCc1cc(Cl)c2c(c1)OCCO2)NCc1nc(C)c(C)s1.I. The minimum absolute atomic E-state index is 0. The zero-order valence-corrected chi connectivity index (χ0v) is 19.5. The molecule has 0 spiro atoms. The van der Waals surface area contributed by atoms with Gasteiger partial charge in [0.15, 0.2) is 17.5 Å². The van der Waals surface area contributed by atoms with E-state index in [1.165, 1.54) is 4.88 Å². The Morgan fingerprint density at radius 1 is 1.26 bits per heavy atom. The van der Waals surface area contributed by atoms with Gasteiger partial charge in [-0.1, -0.05) is 11.6 Å². The first-order valence-corrected chi connectivity index (χ1v) is 9.79. The molecule has 9 heteroatoms. The highest BCUT2D eigenvalue weighted by molar-refractivity contribution is 14.0. The van der Waals surface area contributed by atoms with E-state index in [2.05, 4.69) is 27.5 Å². The second-order valence-corrected chi connectivity index (χ2v) is 7.59. The summed E-state index contributed by atoms with van der Waals surface area (Å²) in [7, 11) is 0. The highest BCUT2D eigenvalue weighted by Crippen LogP contribution is 2.38. The van der Waals surface area contributed by atoms with Crippen LogP contribution in [0.15, 0.2) is 17.1 Å². The lowest BCUT2D eigenvalue weighted by Crippen LogP contribution is -2.36. The number of hydrogen-bond donors (Lipinski definition) is 2. The summed E-state index contributed by atoms with van der Waals surface area (Å²) in [6.07, 6.45) is 0. The molecule has 1 aliphatic rings. The molecule has 1 aliphatic heterocycles. The predicted octanol–water partition coefficient (Wildman–Crippen LogP) is 4.06. The van der Waals surface area contributed by atoms with E-state index in [9.17, 15) is 0 Å². The average Bonchev–Trinajstić information content (AvgIpc) is 2.95. The van der Waals surface area contributed by atoms with Crippen molar-refractivity contribution in [1.29, 1.82) is 0 Å². The fraction of sp³-hybridized carbons (Fsp3) is 0.444. The first kappa shape index (κ1) is 22.0. The smallest absolute Gasteiger partial charge is 0.191 e. The van der Waals surface area contributed by atoms with Gasteiger partial charge in [-0.25, -0.2) is 9.98 Å². The van der Waals surface area contributed by atoms with Crippen LogP contribution >= 0.6 is 46.9 Å². The molecule has 2 N–H and O–H groups in total. The number of guanidine groups is 1. The van der Waals surface area contributed by atoms with Crippen molar-refractivity contribution in [3.05, 3.63) is 38.3 Å². The summed E-state index contributed by atoms with van der Waals surface area (Å²) in [5, 5.41) is 8.17. The number of ether oxygens (including phenoxy) is 2. The van der Waals surface area contributed by atoms with E-state index in [4.69, 9.17) is 21.1 Å². The number of rotatable bonds is 5. The third kappa shape index (κ3) is 5.86. The molecule has 27 heavy (non-hydrogen) atoms. The topological polar surface area (TPSA) is 67.8 Å². The molecule has 0 saturated heterocycles. The molecule has 0 amide bonds. The van der Waals surface area contributed by atoms with E-state index in [0.29, 0.717) is 42.8 Å². The van der Waals surface area contributed by atoms with Gasteiger partial charge in [0.2, 0.25) is 0 Å². The van der Waals surface area contributed by atoms with Gasteiger partial charge in [0.05, 0.1) is 23.8 Å². The zero-order valence-electron chi connectivity index (χ0n) is 15.6. The Morgan fingerprint density at radius 2 is 2.04 bits per heavy atom. The maximum atomic E-state index is 6.29. The number of aliphatic imine (C=N–C) groups is 1. The summed E-state index contributed by atoms with van der Waals surface area (Å²) < 4.78 is 11.2. The molecule has 0 saturated carbocycles. The van der Waals surface area contributed by atoms with E-state index in [1.807, 2.05) is 26.0 Å². The van der Waals surface area contributed by atoms with Gasteiger partial charge < -0.3 is 20.1 Å². The van der Waals surface area contributed by atoms with Crippen LogP contribution in [0.3, 0.4) is 0 Å². The molecular formula is C18H24ClIN4O2S. The summed E-state index contributed by atoms with van der Waals surface area (Å²) in [4.78, 5) is 10.4. The van der Waals surface area contributed by atoms with Crippen molar-refractivity contribution < 1.29 is 9.47 Å². The van der Waals surface area contributed by atoms with E-state index < -0.39 is 0 Å². The third-order valence-corrected chi connectivity index (χ3v) is 5.25.